The molecule has 8 aromatic carbocycles. The Balaban J connectivity index is 1.09. The second-order valence-electron chi connectivity index (χ2n) is 16.2. The number of allylic oxidation sites excluding steroid dienone is 2. The van der Waals surface area contributed by atoms with E-state index in [0.717, 1.165) is 72.3 Å². The van der Waals surface area contributed by atoms with Crippen molar-refractivity contribution in [3.8, 4) is 56.4 Å². The van der Waals surface area contributed by atoms with Gasteiger partial charge in [-0.05, 0) is 53.6 Å². The van der Waals surface area contributed by atoms with Gasteiger partial charge in [-0.25, -0.2) is 15.0 Å². The molecule has 5 nitrogen and oxygen atoms in total. The van der Waals surface area contributed by atoms with Crippen molar-refractivity contribution in [1.82, 2.24) is 15.0 Å². The summed E-state index contributed by atoms with van der Waals surface area (Å²) in [5, 5.41) is 4.73. The monoisotopic (exact) mass is 824 g/mol. The maximum absolute atomic E-state index is 7.21. The van der Waals surface area contributed by atoms with Gasteiger partial charge in [-0.1, -0.05) is 164 Å². The molecule has 4 heterocycles. The molecule has 0 radical (unpaired) electrons. The zero-order valence-electron chi connectivity index (χ0n) is 33.9. The summed E-state index contributed by atoms with van der Waals surface area (Å²) < 4.78 is 9.72. The second-order valence-corrected chi connectivity index (χ2v) is 17.3. The van der Waals surface area contributed by atoms with Crippen LogP contribution < -0.4 is 4.90 Å². The van der Waals surface area contributed by atoms with Gasteiger partial charge in [0, 0.05) is 75.9 Å². The van der Waals surface area contributed by atoms with Gasteiger partial charge in [0.1, 0.15) is 11.2 Å². The third-order valence-electron chi connectivity index (χ3n) is 12.6. The molecule has 1 aliphatic heterocycles. The molecule has 63 heavy (non-hydrogen) atoms. The summed E-state index contributed by atoms with van der Waals surface area (Å²) in [5.41, 5.74) is 12.5. The third-order valence-corrected chi connectivity index (χ3v) is 13.8. The molecular weight excluding hydrogens is 789 g/mol. The molecule has 2 aliphatic rings. The summed E-state index contributed by atoms with van der Waals surface area (Å²) in [6.45, 7) is 0. The molecule has 2 unspecified atom stereocenters. The normalized spacial score (nSPS) is 15.5. The van der Waals surface area contributed by atoms with Crippen LogP contribution in [0.2, 0.25) is 0 Å². The highest BCUT2D eigenvalue weighted by Gasteiger charge is 2.42. The highest BCUT2D eigenvalue weighted by Crippen LogP contribution is 2.56. The van der Waals surface area contributed by atoms with Crippen molar-refractivity contribution in [3.63, 3.8) is 0 Å². The van der Waals surface area contributed by atoms with E-state index in [1.54, 1.807) is 0 Å². The van der Waals surface area contributed by atoms with E-state index < -0.39 is 0 Å². The smallest absolute Gasteiger partial charge is 0.164 e. The lowest BCUT2D eigenvalue weighted by molar-refractivity contribution is 0.659. The van der Waals surface area contributed by atoms with E-state index in [0.29, 0.717) is 17.5 Å². The highest BCUT2D eigenvalue weighted by atomic mass is 32.1. The Morgan fingerprint density at radius 3 is 1.60 bits per heavy atom. The number of hydrogen-bond donors (Lipinski definition) is 0. The van der Waals surface area contributed by atoms with E-state index in [-0.39, 0.29) is 12.0 Å². The molecule has 296 valence electrons. The first kappa shape index (κ1) is 35.8. The quantitative estimate of drug-likeness (QED) is 0.167. The Kier molecular flexibility index (Phi) is 8.14. The number of nitrogens with zero attached hydrogens (tertiary/aromatic N) is 4. The largest absolute Gasteiger partial charge is 0.455 e. The molecule has 0 saturated carbocycles. The lowest BCUT2D eigenvalue weighted by Crippen LogP contribution is -2.29. The van der Waals surface area contributed by atoms with Gasteiger partial charge in [0.2, 0.25) is 0 Å². The molecule has 0 fully saturated rings. The lowest BCUT2D eigenvalue weighted by Gasteiger charge is -2.33. The number of furan rings is 1. The Bertz CT molecular complexity index is 3510. The zero-order valence-corrected chi connectivity index (χ0v) is 34.7. The zero-order chi connectivity index (χ0) is 41.4. The minimum absolute atomic E-state index is 0.00637. The van der Waals surface area contributed by atoms with Gasteiger partial charge in [0.15, 0.2) is 17.5 Å². The standard InChI is InChI=1S/C57H36N4OS/c1-5-17-35(18-6-1)44-33-39(57-59-55(37-21-9-3-10-22-37)58-56(60-57)38-23-11-4-12-24-38)34-45(36-19-7-2-8-20-36)52(44)61-46-27-15-13-25-42(46)50-47(61)31-29-40-41-30-32-49-51(54(41)62-53(40)50)43-26-14-16-28-48(43)63-49/h1-34,42,46H. The Morgan fingerprint density at radius 2 is 0.968 bits per heavy atom. The van der Waals surface area contributed by atoms with Crippen molar-refractivity contribution < 1.29 is 4.42 Å². The average Bonchev–Trinajstić information content (AvgIpc) is 4.04. The summed E-state index contributed by atoms with van der Waals surface area (Å²) in [6, 6.07) is 64.2. The van der Waals surface area contributed by atoms with Crippen molar-refractivity contribution >= 4 is 64.8 Å². The lowest BCUT2D eigenvalue weighted by atomic mass is 9.89. The Morgan fingerprint density at radius 1 is 0.444 bits per heavy atom. The first-order valence-electron chi connectivity index (χ1n) is 21.3. The maximum atomic E-state index is 7.21. The molecule has 0 N–H and O–H groups in total. The average molecular weight is 825 g/mol. The van der Waals surface area contributed by atoms with Crippen LogP contribution in [-0.2, 0) is 0 Å². The van der Waals surface area contributed by atoms with E-state index in [2.05, 4.69) is 175 Å². The molecule has 6 heteroatoms. The molecule has 0 saturated heterocycles. The molecule has 11 aromatic rings. The van der Waals surface area contributed by atoms with Crippen molar-refractivity contribution in [2.75, 3.05) is 4.90 Å². The van der Waals surface area contributed by atoms with E-state index in [1.165, 1.54) is 25.7 Å². The van der Waals surface area contributed by atoms with Gasteiger partial charge < -0.3 is 9.32 Å². The SMILES string of the molecule is C1=CC2c3c(ccc4c3oc3c4ccc4sc5ccccc5c43)N(c3c(-c4ccccc4)cc(-c4nc(-c5ccccc5)nc(-c5ccccc5)n4)cc3-c3ccccc3)C2C=C1. The summed E-state index contributed by atoms with van der Waals surface area (Å²) in [5.74, 6) is 1.93. The van der Waals surface area contributed by atoms with Gasteiger partial charge in [-0.15, -0.1) is 11.3 Å². The predicted molar refractivity (Wildman–Crippen MR) is 261 cm³/mol. The number of benzene rings is 8. The predicted octanol–water partition coefficient (Wildman–Crippen LogP) is 15.2. The van der Waals surface area contributed by atoms with Crippen LogP contribution in [0, 0.1) is 0 Å². The van der Waals surface area contributed by atoms with Crippen LogP contribution in [0.4, 0.5) is 11.4 Å². The molecule has 0 amide bonds. The Labute approximate surface area is 367 Å². The molecule has 0 bridgehead atoms. The highest BCUT2D eigenvalue weighted by molar-refractivity contribution is 7.26. The van der Waals surface area contributed by atoms with Crippen LogP contribution in [-0.4, -0.2) is 21.0 Å². The molecular formula is C57H36N4OS. The van der Waals surface area contributed by atoms with Crippen molar-refractivity contribution in [1.29, 1.82) is 0 Å². The molecule has 13 rings (SSSR count). The minimum Gasteiger partial charge on any atom is -0.455 e. The maximum Gasteiger partial charge on any atom is 0.164 e. The van der Waals surface area contributed by atoms with E-state index in [1.807, 2.05) is 47.7 Å². The molecule has 1 aliphatic carbocycles. The van der Waals surface area contributed by atoms with Gasteiger partial charge in [0.25, 0.3) is 0 Å². The summed E-state index contributed by atoms with van der Waals surface area (Å²) in [6.07, 6.45) is 9.09. The summed E-state index contributed by atoms with van der Waals surface area (Å²) >= 11 is 1.82. The Hall–Kier alpha value is -7.93. The first-order chi connectivity index (χ1) is 31.2. The van der Waals surface area contributed by atoms with Gasteiger partial charge in [-0.3, -0.25) is 0 Å². The molecule has 2 atom stereocenters. The molecule has 3 aromatic heterocycles. The number of fused-ring (bicyclic) bond motifs is 11. The summed E-state index contributed by atoms with van der Waals surface area (Å²) in [4.78, 5) is 18.0. The number of thiophene rings is 1. The number of rotatable bonds is 6. The van der Waals surface area contributed by atoms with E-state index in [9.17, 15) is 0 Å². The minimum atomic E-state index is -0.00637. The second kappa shape index (κ2) is 14.3. The molecule has 0 spiro atoms. The van der Waals surface area contributed by atoms with Gasteiger partial charge in [0.05, 0.1) is 11.7 Å². The fourth-order valence-electron chi connectivity index (χ4n) is 9.82. The van der Waals surface area contributed by atoms with Crippen molar-refractivity contribution in [3.05, 3.63) is 212 Å². The van der Waals surface area contributed by atoms with Crippen LogP contribution in [0.5, 0.6) is 0 Å². The van der Waals surface area contributed by atoms with Crippen molar-refractivity contribution in [2.24, 2.45) is 0 Å². The van der Waals surface area contributed by atoms with Gasteiger partial charge in [-0.2, -0.15) is 0 Å². The first-order valence-corrected chi connectivity index (χ1v) is 22.2. The van der Waals surface area contributed by atoms with Crippen LogP contribution in [0.1, 0.15) is 11.5 Å². The number of anilines is 2. The van der Waals surface area contributed by atoms with Crippen LogP contribution in [0.3, 0.4) is 0 Å². The van der Waals surface area contributed by atoms with Crippen molar-refractivity contribution in [2.45, 2.75) is 12.0 Å². The topological polar surface area (TPSA) is 55.1 Å². The van der Waals surface area contributed by atoms with E-state index >= 15 is 0 Å². The van der Waals surface area contributed by atoms with Crippen LogP contribution >= 0.6 is 11.3 Å². The van der Waals surface area contributed by atoms with Crippen LogP contribution in [0.15, 0.2) is 211 Å². The van der Waals surface area contributed by atoms with E-state index in [4.69, 9.17) is 19.4 Å². The summed E-state index contributed by atoms with van der Waals surface area (Å²) in [7, 11) is 0. The fraction of sp³-hybridized carbons (Fsp3) is 0.0351. The number of hydrogen-bond acceptors (Lipinski definition) is 6. The third kappa shape index (κ3) is 5.72. The fourth-order valence-corrected chi connectivity index (χ4v) is 10.9. The van der Waals surface area contributed by atoms with Crippen LogP contribution in [0.25, 0.3) is 98.5 Å². The van der Waals surface area contributed by atoms with Gasteiger partial charge >= 0.3 is 0 Å². The number of aromatic nitrogens is 3.